The summed E-state index contributed by atoms with van der Waals surface area (Å²) in [5, 5.41) is 9.90. The van der Waals surface area contributed by atoms with E-state index < -0.39 is 5.60 Å². The maximum Gasteiger partial charge on any atom is 0.0642 e. The van der Waals surface area contributed by atoms with Crippen LogP contribution >= 0.6 is 0 Å². The Labute approximate surface area is 76.5 Å². The summed E-state index contributed by atoms with van der Waals surface area (Å²) in [6, 6.07) is 0. The average Bonchev–Trinajstić information content (AvgIpc) is 2.12. The maximum absolute atomic E-state index is 9.90. The Morgan fingerprint density at radius 1 is 1.25 bits per heavy atom. The standard InChI is InChI=1S/C11H22O/c1-4-7-8-9-10-11(12,5-2)6-3/h4,12H,1,5-10H2,2-3H3. The van der Waals surface area contributed by atoms with Gasteiger partial charge in [0.15, 0.2) is 0 Å². The van der Waals surface area contributed by atoms with Crippen molar-refractivity contribution in [2.75, 3.05) is 0 Å². The van der Waals surface area contributed by atoms with Gasteiger partial charge in [0, 0.05) is 0 Å². The third kappa shape index (κ3) is 4.55. The second-order valence-electron chi connectivity index (χ2n) is 3.47. The van der Waals surface area contributed by atoms with Crippen LogP contribution in [0.2, 0.25) is 0 Å². The van der Waals surface area contributed by atoms with Crippen LogP contribution in [0.5, 0.6) is 0 Å². The molecular formula is C11H22O. The molecule has 0 amide bonds. The van der Waals surface area contributed by atoms with Gasteiger partial charge in [-0.2, -0.15) is 0 Å². The molecule has 0 aliphatic carbocycles. The zero-order valence-corrected chi connectivity index (χ0v) is 8.47. The Bertz CT molecular complexity index is 114. The highest BCUT2D eigenvalue weighted by Crippen LogP contribution is 2.22. The van der Waals surface area contributed by atoms with Gasteiger partial charge in [0.25, 0.3) is 0 Å². The van der Waals surface area contributed by atoms with Crippen molar-refractivity contribution in [3.63, 3.8) is 0 Å². The molecule has 0 aliphatic heterocycles. The van der Waals surface area contributed by atoms with Gasteiger partial charge >= 0.3 is 0 Å². The van der Waals surface area contributed by atoms with Gasteiger partial charge in [0.2, 0.25) is 0 Å². The lowest BCUT2D eigenvalue weighted by molar-refractivity contribution is 0.0213. The normalized spacial score (nSPS) is 11.6. The average molecular weight is 170 g/mol. The number of hydrogen-bond donors (Lipinski definition) is 1. The Kier molecular flexibility index (Phi) is 6.09. The first-order chi connectivity index (χ1) is 5.68. The molecule has 0 saturated carbocycles. The highest BCUT2D eigenvalue weighted by Gasteiger charge is 2.20. The molecule has 1 nitrogen and oxygen atoms in total. The summed E-state index contributed by atoms with van der Waals surface area (Å²) in [6.45, 7) is 7.78. The van der Waals surface area contributed by atoms with Crippen molar-refractivity contribution in [3.05, 3.63) is 12.7 Å². The molecule has 0 aromatic rings. The first-order valence-corrected chi connectivity index (χ1v) is 5.01. The first kappa shape index (κ1) is 11.7. The van der Waals surface area contributed by atoms with Crippen LogP contribution in [0.1, 0.15) is 52.4 Å². The minimum Gasteiger partial charge on any atom is -0.390 e. The summed E-state index contributed by atoms with van der Waals surface area (Å²) in [6.07, 6.45) is 7.97. The second kappa shape index (κ2) is 6.24. The van der Waals surface area contributed by atoms with Crippen molar-refractivity contribution in [3.8, 4) is 0 Å². The number of aliphatic hydroxyl groups is 1. The van der Waals surface area contributed by atoms with Gasteiger partial charge in [-0.05, 0) is 32.1 Å². The van der Waals surface area contributed by atoms with Crippen molar-refractivity contribution >= 4 is 0 Å². The highest BCUT2D eigenvalue weighted by molar-refractivity contribution is 4.75. The summed E-state index contributed by atoms with van der Waals surface area (Å²) >= 11 is 0. The van der Waals surface area contributed by atoms with E-state index in [1.54, 1.807) is 0 Å². The molecule has 0 rings (SSSR count). The predicted octanol–water partition coefficient (Wildman–Crippen LogP) is 3.28. The Hall–Kier alpha value is -0.300. The second-order valence-corrected chi connectivity index (χ2v) is 3.47. The van der Waals surface area contributed by atoms with E-state index in [-0.39, 0.29) is 0 Å². The molecule has 0 aromatic carbocycles. The molecule has 0 spiro atoms. The van der Waals surface area contributed by atoms with Crippen LogP contribution in [0.25, 0.3) is 0 Å². The number of hydrogen-bond acceptors (Lipinski definition) is 1. The molecule has 0 radical (unpaired) electrons. The zero-order valence-electron chi connectivity index (χ0n) is 8.47. The van der Waals surface area contributed by atoms with Crippen LogP contribution in [0.3, 0.4) is 0 Å². The van der Waals surface area contributed by atoms with Crippen LogP contribution in [0.15, 0.2) is 12.7 Å². The lowest BCUT2D eigenvalue weighted by Gasteiger charge is -2.24. The first-order valence-electron chi connectivity index (χ1n) is 5.01. The van der Waals surface area contributed by atoms with E-state index in [4.69, 9.17) is 0 Å². The smallest absolute Gasteiger partial charge is 0.0642 e. The fourth-order valence-electron chi connectivity index (χ4n) is 1.35. The van der Waals surface area contributed by atoms with Crippen LogP contribution in [0, 0.1) is 0 Å². The Morgan fingerprint density at radius 3 is 2.25 bits per heavy atom. The molecular weight excluding hydrogens is 148 g/mol. The summed E-state index contributed by atoms with van der Waals surface area (Å²) in [7, 11) is 0. The van der Waals surface area contributed by atoms with Gasteiger partial charge in [-0.3, -0.25) is 0 Å². The van der Waals surface area contributed by atoms with Gasteiger partial charge in [-0.1, -0.05) is 26.3 Å². The van der Waals surface area contributed by atoms with E-state index in [1.807, 2.05) is 6.08 Å². The van der Waals surface area contributed by atoms with E-state index in [0.717, 1.165) is 38.5 Å². The van der Waals surface area contributed by atoms with Crippen LogP contribution in [-0.4, -0.2) is 10.7 Å². The van der Waals surface area contributed by atoms with Crippen molar-refractivity contribution in [2.24, 2.45) is 0 Å². The predicted molar refractivity (Wildman–Crippen MR) is 54.2 cm³/mol. The fraction of sp³-hybridized carbons (Fsp3) is 0.818. The molecule has 0 aliphatic rings. The minimum atomic E-state index is -0.402. The highest BCUT2D eigenvalue weighted by atomic mass is 16.3. The molecule has 0 atom stereocenters. The molecule has 0 unspecified atom stereocenters. The molecule has 0 saturated heterocycles. The zero-order chi connectivity index (χ0) is 9.45. The van der Waals surface area contributed by atoms with E-state index in [2.05, 4.69) is 20.4 Å². The van der Waals surface area contributed by atoms with Crippen molar-refractivity contribution in [2.45, 2.75) is 58.0 Å². The largest absolute Gasteiger partial charge is 0.390 e. The van der Waals surface area contributed by atoms with Crippen LogP contribution in [-0.2, 0) is 0 Å². The maximum atomic E-state index is 9.90. The molecule has 0 fully saturated rings. The van der Waals surface area contributed by atoms with Crippen molar-refractivity contribution in [1.82, 2.24) is 0 Å². The van der Waals surface area contributed by atoms with Gasteiger partial charge in [-0.15, -0.1) is 6.58 Å². The van der Waals surface area contributed by atoms with Crippen molar-refractivity contribution < 1.29 is 5.11 Å². The Balaban J connectivity index is 3.51. The molecule has 0 aromatic heterocycles. The van der Waals surface area contributed by atoms with E-state index in [0.29, 0.717) is 0 Å². The molecule has 1 N–H and O–H groups in total. The minimum absolute atomic E-state index is 0.402. The monoisotopic (exact) mass is 170 g/mol. The van der Waals surface area contributed by atoms with Crippen LogP contribution in [0.4, 0.5) is 0 Å². The lowest BCUT2D eigenvalue weighted by Crippen LogP contribution is -2.26. The molecule has 72 valence electrons. The Morgan fingerprint density at radius 2 is 1.83 bits per heavy atom. The summed E-state index contributed by atoms with van der Waals surface area (Å²) < 4.78 is 0. The van der Waals surface area contributed by atoms with E-state index in [1.165, 1.54) is 0 Å². The van der Waals surface area contributed by atoms with E-state index in [9.17, 15) is 5.11 Å². The van der Waals surface area contributed by atoms with E-state index >= 15 is 0 Å². The van der Waals surface area contributed by atoms with Gasteiger partial charge in [0.05, 0.1) is 5.60 Å². The summed E-state index contributed by atoms with van der Waals surface area (Å²) in [5.41, 5.74) is -0.402. The van der Waals surface area contributed by atoms with Gasteiger partial charge in [0.1, 0.15) is 0 Å². The summed E-state index contributed by atoms with van der Waals surface area (Å²) in [5.74, 6) is 0. The SMILES string of the molecule is C=CCCCCC(O)(CC)CC. The number of rotatable bonds is 7. The van der Waals surface area contributed by atoms with Gasteiger partial charge in [-0.25, -0.2) is 0 Å². The molecule has 0 bridgehead atoms. The van der Waals surface area contributed by atoms with Crippen LogP contribution < -0.4 is 0 Å². The molecule has 0 heterocycles. The molecule has 1 heteroatoms. The number of allylic oxidation sites excluding steroid dienone is 1. The number of unbranched alkanes of at least 4 members (excludes halogenated alkanes) is 2. The molecule has 12 heavy (non-hydrogen) atoms. The fourth-order valence-corrected chi connectivity index (χ4v) is 1.35. The topological polar surface area (TPSA) is 20.2 Å². The van der Waals surface area contributed by atoms with Crippen molar-refractivity contribution in [1.29, 1.82) is 0 Å². The summed E-state index contributed by atoms with van der Waals surface area (Å²) in [4.78, 5) is 0. The lowest BCUT2D eigenvalue weighted by atomic mass is 9.91. The third-order valence-electron chi connectivity index (χ3n) is 2.62. The quantitative estimate of drug-likeness (QED) is 0.459. The van der Waals surface area contributed by atoms with Gasteiger partial charge < -0.3 is 5.11 Å². The third-order valence-corrected chi connectivity index (χ3v) is 2.62.